The highest BCUT2D eigenvalue weighted by Gasteiger charge is 2.42. The summed E-state index contributed by atoms with van der Waals surface area (Å²) in [6, 6.07) is 5.01. The Morgan fingerprint density at radius 2 is 1.91 bits per heavy atom. The molecule has 1 aromatic heterocycles. The molecular formula is C16H18N2O5. The summed E-state index contributed by atoms with van der Waals surface area (Å²) in [5.74, 6) is -1.69. The third kappa shape index (κ3) is 2.27. The summed E-state index contributed by atoms with van der Waals surface area (Å²) in [6.07, 6.45) is 2.58. The minimum atomic E-state index is -0.684. The zero-order valence-corrected chi connectivity index (χ0v) is 12.6. The molecule has 2 heterocycles. The largest absolute Gasteiger partial charge is 0.426 e. The minimum Gasteiger partial charge on any atom is -0.405 e. The number of nitrogen functional groups attached to an aromatic ring is 1. The van der Waals surface area contributed by atoms with E-state index >= 15 is 0 Å². The van der Waals surface area contributed by atoms with Gasteiger partial charge < -0.3 is 19.6 Å². The van der Waals surface area contributed by atoms with Crippen LogP contribution in [0, 0.1) is 5.92 Å². The first-order valence-electron chi connectivity index (χ1n) is 7.82. The Morgan fingerprint density at radius 1 is 1.22 bits per heavy atom. The molecular weight excluding hydrogens is 300 g/mol. The normalized spacial score (nSPS) is 21.2. The molecule has 122 valence electrons. The molecule has 2 aliphatic rings. The van der Waals surface area contributed by atoms with Gasteiger partial charge >= 0.3 is 5.76 Å². The van der Waals surface area contributed by atoms with E-state index in [0.717, 1.165) is 4.57 Å². The van der Waals surface area contributed by atoms with Crippen molar-refractivity contribution in [2.75, 3.05) is 18.9 Å². The van der Waals surface area contributed by atoms with E-state index in [1.54, 1.807) is 18.2 Å². The standard InChI is InChI=1S/C16H18N2O5/c17-11-2-1-3-12-13(11)23-15(20)18(12)14(19)10-4-6-16(7-5-10)21-8-9-22-16/h1-3,10H,4-9,17H2. The van der Waals surface area contributed by atoms with E-state index in [2.05, 4.69) is 0 Å². The van der Waals surface area contributed by atoms with Crippen LogP contribution in [-0.4, -0.2) is 29.5 Å². The van der Waals surface area contributed by atoms with Crippen molar-refractivity contribution in [2.24, 2.45) is 5.92 Å². The van der Waals surface area contributed by atoms with Gasteiger partial charge in [-0.2, -0.15) is 0 Å². The maximum atomic E-state index is 12.8. The van der Waals surface area contributed by atoms with Gasteiger partial charge in [-0.05, 0) is 25.0 Å². The lowest BCUT2D eigenvalue weighted by Gasteiger charge is -2.34. The smallest absolute Gasteiger partial charge is 0.405 e. The Hall–Kier alpha value is -2.12. The van der Waals surface area contributed by atoms with Crippen LogP contribution in [-0.2, 0) is 9.47 Å². The van der Waals surface area contributed by atoms with Crippen molar-refractivity contribution in [2.45, 2.75) is 31.5 Å². The van der Waals surface area contributed by atoms with Gasteiger partial charge in [-0.3, -0.25) is 4.79 Å². The van der Waals surface area contributed by atoms with Crippen LogP contribution in [0.3, 0.4) is 0 Å². The number of fused-ring (bicyclic) bond motifs is 1. The molecule has 2 fully saturated rings. The molecule has 23 heavy (non-hydrogen) atoms. The molecule has 1 aromatic carbocycles. The highest BCUT2D eigenvalue weighted by Crippen LogP contribution is 2.39. The van der Waals surface area contributed by atoms with Crippen molar-refractivity contribution in [3.63, 3.8) is 0 Å². The molecule has 1 aliphatic heterocycles. The quantitative estimate of drug-likeness (QED) is 0.805. The van der Waals surface area contributed by atoms with E-state index in [4.69, 9.17) is 19.6 Å². The first kappa shape index (κ1) is 14.5. The van der Waals surface area contributed by atoms with E-state index in [1.165, 1.54) is 0 Å². The number of carbonyl (C=O) groups is 1. The van der Waals surface area contributed by atoms with Crippen LogP contribution in [0.15, 0.2) is 27.4 Å². The van der Waals surface area contributed by atoms with E-state index < -0.39 is 11.5 Å². The summed E-state index contributed by atoms with van der Waals surface area (Å²) in [6.45, 7) is 1.20. The zero-order valence-electron chi connectivity index (χ0n) is 12.6. The number of hydrogen-bond acceptors (Lipinski definition) is 6. The average molecular weight is 318 g/mol. The maximum Gasteiger partial charge on any atom is 0.426 e. The van der Waals surface area contributed by atoms with E-state index in [1.807, 2.05) is 0 Å². The van der Waals surface area contributed by atoms with Crippen LogP contribution in [0.1, 0.15) is 30.5 Å². The zero-order chi connectivity index (χ0) is 16.0. The highest BCUT2D eigenvalue weighted by molar-refractivity contribution is 5.94. The van der Waals surface area contributed by atoms with E-state index in [0.29, 0.717) is 50.1 Å². The molecule has 0 amide bonds. The SMILES string of the molecule is Nc1cccc2c1oc(=O)n2C(=O)C1CCC2(CC1)OCCO2. The van der Waals surface area contributed by atoms with Crippen molar-refractivity contribution < 1.29 is 18.7 Å². The molecule has 0 unspecified atom stereocenters. The second kappa shape index (κ2) is 5.21. The monoisotopic (exact) mass is 318 g/mol. The first-order valence-corrected chi connectivity index (χ1v) is 7.82. The van der Waals surface area contributed by atoms with Crippen molar-refractivity contribution in [3.8, 4) is 0 Å². The minimum absolute atomic E-state index is 0.242. The lowest BCUT2D eigenvalue weighted by molar-refractivity contribution is -0.180. The van der Waals surface area contributed by atoms with E-state index in [9.17, 15) is 9.59 Å². The number of oxazole rings is 1. The van der Waals surface area contributed by atoms with Crippen LogP contribution >= 0.6 is 0 Å². The Bertz CT molecular complexity index is 805. The third-order valence-electron chi connectivity index (χ3n) is 4.77. The summed E-state index contributed by atoms with van der Waals surface area (Å²) in [4.78, 5) is 24.9. The highest BCUT2D eigenvalue weighted by atomic mass is 16.7. The lowest BCUT2D eigenvalue weighted by atomic mass is 9.84. The fraction of sp³-hybridized carbons (Fsp3) is 0.500. The summed E-state index contributed by atoms with van der Waals surface area (Å²) < 4.78 is 17.6. The van der Waals surface area contributed by atoms with Crippen LogP contribution in [0.5, 0.6) is 0 Å². The second-order valence-electron chi connectivity index (χ2n) is 6.12. The molecule has 7 nitrogen and oxygen atoms in total. The molecule has 0 bridgehead atoms. The molecule has 0 radical (unpaired) electrons. The van der Waals surface area contributed by atoms with Crippen molar-refractivity contribution in [1.82, 2.24) is 4.57 Å². The van der Waals surface area contributed by atoms with Crippen LogP contribution in [0.4, 0.5) is 5.69 Å². The molecule has 0 atom stereocenters. The van der Waals surface area contributed by atoms with Gasteiger partial charge in [0.1, 0.15) is 5.52 Å². The topological polar surface area (TPSA) is 96.7 Å². The van der Waals surface area contributed by atoms with Gasteiger partial charge in [0.15, 0.2) is 11.4 Å². The average Bonchev–Trinajstić information content (AvgIpc) is 3.13. The fourth-order valence-electron chi connectivity index (χ4n) is 3.54. The molecule has 1 spiro atoms. The van der Waals surface area contributed by atoms with Crippen molar-refractivity contribution >= 4 is 22.7 Å². The van der Waals surface area contributed by atoms with Gasteiger partial charge in [-0.25, -0.2) is 9.36 Å². The Kier molecular flexibility index (Phi) is 3.28. The van der Waals surface area contributed by atoms with Crippen molar-refractivity contribution in [1.29, 1.82) is 0 Å². The van der Waals surface area contributed by atoms with Gasteiger partial charge in [0.05, 0.1) is 18.9 Å². The number of anilines is 1. The molecule has 7 heteroatoms. The van der Waals surface area contributed by atoms with Crippen LogP contribution < -0.4 is 11.5 Å². The van der Waals surface area contributed by atoms with Crippen LogP contribution in [0.25, 0.3) is 11.1 Å². The number of nitrogens with two attached hydrogens (primary N) is 1. The Morgan fingerprint density at radius 3 is 2.61 bits per heavy atom. The van der Waals surface area contributed by atoms with Crippen molar-refractivity contribution in [3.05, 3.63) is 28.7 Å². The van der Waals surface area contributed by atoms with Gasteiger partial charge in [0.2, 0.25) is 5.91 Å². The molecule has 2 aromatic rings. The van der Waals surface area contributed by atoms with Crippen LogP contribution in [0.2, 0.25) is 0 Å². The number of aromatic nitrogens is 1. The number of rotatable bonds is 1. The van der Waals surface area contributed by atoms with Gasteiger partial charge in [0.25, 0.3) is 0 Å². The molecule has 1 saturated heterocycles. The number of carbonyl (C=O) groups excluding carboxylic acids is 1. The number of ether oxygens (including phenoxy) is 2. The summed E-state index contributed by atoms with van der Waals surface area (Å²) >= 11 is 0. The molecule has 4 rings (SSSR count). The Balaban J connectivity index is 1.62. The fourth-order valence-corrected chi connectivity index (χ4v) is 3.54. The van der Waals surface area contributed by atoms with Gasteiger partial charge in [-0.15, -0.1) is 0 Å². The maximum absolute atomic E-state index is 12.8. The van der Waals surface area contributed by atoms with E-state index in [-0.39, 0.29) is 17.4 Å². The van der Waals surface area contributed by atoms with Gasteiger partial charge in [-0.1, -0.05) is 6.07 Å². The summed E-state index contributed by atoms with van der Waals surface area (Å²) in [7, 11) is 0. The molecule has 1 aliphatic carbocycles. The third-order valence-corrected chi connectivity index (χ3v) is 4.77. The lowest BCUT2D eigenvalue weighted by Crippen LogP contribution is -2.39. The predicted octanol–water partition coefficient (Wildman–Crippen LogP) is 1.75. The number of hydrogen-bond donors (Lipinski definition) is 1. The Labute approximate surface area is 131 Å². The van der Waals surface area contributed by atoms with Gasteiger partial charge in [0, 0.05) is 18.8 Å². The first-order chi connectivity index (χ1) is 11.1. The molecule has 1 saturated carbocycles. The molecule has 2 N–H and O–H groups in total. The summed E-state index contributed by atoms with van der Waals surface area (Å²) in [5, 5.41) is 0. The summed E-state index contributed by atoms with van der Waals surface area (Å²) in [5.41, 5.74) is 6.84. The second-order valence-corrected chi connectivity index (χ2v) is 6.12. The number of para-hydroxylation sites is 1. The number of benzene rings is 1. The number of nitrogens with zero attached hydrogens (tertiary/aromatic N) is 1. The predicted molar refractivity (Wildman–Crippen MR) is 82.1 cm³/mol.